The van der Waals surface area contributed by atoms with Crippen LogP contribution < -0.4 is 16.2 Å². The summed E-state index contributed by atoms with van der Waals surface area (Å²) in [5.41, 5.74) is 4.50. The molecule has 0 bridgehead atoms. The van der Waals surface area contributed by atoms with Crippen molar-refractivity contribution < 1.29 is 13.6 Å². The van der Waals surface area contributed by atoms with Crippen LogP contribution in [-0.4, -0.2) is 16.6 Å². The van der Waals surface area contributed by atoms with Gasteiger partial charge in [-0.05, 0) is 51.2 Å². The highest BCUT2D eigenvalue weighted by Gasteiger charge is 2.13. The van der Waals surface area contributed by atoms with Crippen molar-refractivity contribution in [3.63, 3.8) is 0 Å². The highest BCUT2D eigenvalue weighted by Crippen LogP contribution is 2.08. The fourth-order valence-corrected chi connectivity index (χ4v) is 1.55. The van der Waals surface area contributed by atoms with Crippen LogP contribution in [0.1, 0.15) is 31.1 Å². The third-order valence-corrected chi connectivity index (χ3v) is 2.16. The van der Waals surface area contributed by atoms with Gasteiger partial charge in [-0.1, -0.05) is 0 Å². The molecule has 7 heteroatoms. The summed E-state index contributed by atoms with van der Waals surface area (Å²) in [4.78, 5) is 11.6. The van der Waals surface area contributed by atoms with E-state index in [1.165, 1.54) is 6.07 Å². The van der Waals surface area contributed by atoms with Gasteiger partial charge in [0.25, 0.3) is 5.91 Å². The molecular formula is C12H15F2N3OS. The van der Waals surface area contributed by atoms with Crippen LogP contribution in [0.5, 0.6) is 0 Å². The summed E-state index contributed by atoms with van der Waals surface area (Å²) >= 11 is 4.95. The van der Waals surface area contributed by atoms with Crippen LogP contribution >= 0.6 is 12.2 Å². The molecule has 0 saturated heterocycles. The zero-order chi connectivity index (χ0) is 14.6. The molecule has 0 aliphatic heterocycles. The average Bonchev–Trinajstić information content (AvgIpc) is 2.27. The van der Waals surface area contributed by atoms with Crippen molar-refractivity contribution in [2.24, 2.45) is 0 Å². The Morgan fingerprint density at radius 2 is 1.79 bits per heavy atom. The molecule has 1 rings (SSSR count). The molecule has 19 heavy (non-hydrogen) atoms. The van der Waals surface area contributed by atoms with Crippen molar-refractivity contribution in [3.8, 4) is 0 Å². The van der Waals surface area contributed by atoms with Gasteiger partial charge in [0.05, 0.1) is 0 Å². The van der Waals surface area contributed by atoms with Crippen LogP contribution in [0, 0.1) is 11.6 Å². The predicted molar refractivity (Wildman–Crippen MR) is 72.4 cm³/mol. The van der Waals surface area contributed by atoms with Gasteiger partial charge in [0.1, 0.15) is 0 Å². The topological polar surface area (TPSA) is 53.2 Å². The minimum absolute atomic E-state index is 0.00930. The summed E-state index contributed by atoms with van der Waals surface area (Å²) in [6.45, 7) is 5.70. The molecule has 0 aliphatic carbocycles. The lowest BCUT2D eigenvalue weighted by molar-refractivity contribution is 0.0942. The Morgan fingerprint density at radius 3 is 2.32 bits per heavy atom. The molecule has 0 heterocycles. The van der Waals surface area contributed by atoms with Crippen LogP contribution in [0.2, 0.25) is 0 Å². The van der Waals surface area contributed by atoms with Gasteiger partial charge < -0.3 is 5.32 Å². The molecule has 4 nitrogen and oxygen atoms in total. The molecular weight excluding hydrogens is 272 g/mol. The van der Waals surface area contributed by atoms with Crippen molar-refractivity contribution in [3.05, 3.63) is 35.4 Å². The van der Waals surface area contributed by atoms with Gasteiger partial charge in [0.15, 0.2) is 16.7 Å². The number of halogens is 2. The summed E-state index contributed by atoms with van der Waals surface area (Å²) in [6.07, 6.45) is 0. The Labute approximate surface area is 115 Å². The minimum atomic E-state index is -1.08. The number of hydrogen-bond acceptors (Lipinski definition) is 2. The number of thiocarbonyl (C=S) groups is 1. The van der Waals surface area contributed by atoms with Gasteiger partial charge >= 0.3 is 0 Å². The fourth-order valence-electron chi connectivity index (χ4n) is 1.19. The minimum Gasteiger partial charge on any atom is -0.357 e. The maximum Gasteiger partial charge on any atom is 0.269 e. The average molecular weight is 287 g/mol. The third-order valence-electron chi connectivity index (χ3n) is 1.96. The lowest BCUT2D eigenvalue weighted by atomic mass is 10.1. The van der Waals surface area contributed by atoms with Crippen molar-refractivity contribution in [2.45, 2.75) is 26.3 Å². The van der Waals surface area contributed by atoms with E-state index in [0.717, 1.165) is 12.1 Å². The van der Waals surface area contributed by atoms with Gasteiger partial charge in [0, 0.05) is 11.1 Å². The SMILES string of the molecule is CC(C)(C)NC(=S)NNC(=O)c1ccc(F)c(F)c1. The quantitative estimate of drug-likeness (QED) is 0.545. The first-order valence-electron chi connectivity index (χ1n) is 5.52. The zero-order valence-electron chi connectivity index (χ0n) is 10.8. The first kappa shape index (κ1) is 15.3. The Hall–Kier alpha value is -1.76. The van der Waals surface area contributed by atoms with Crippen LogP contribution in [0.4, 0.5) is 8.78 Å². The molecule has 0 aliphatic rings. The molecule has 0 saturated carbocycles. The molecule has 1 aromatic carbocycles. The molecule has 0 atom stereocenters. The number of benzene rings is 1. The van der Waals surface area contributed by atoms with Crippen molar-refractivity contribution in [1.29, 1.82) is 0 Å². The second-order valence-electron chi connectivity index (χ2n) is 4.91. The molecule has 0 unspecified atom stereocenters. The van der Waals surface area contributed by atoms with E-state index in [0.29, 0.717) is 0 Å². The standard InChI is InChI=1S/C12H15F2N3OS/c1-12(2,3)15-11(19)17-16-10(18)7-4-5-8(13)9(14)6-7/h4-6H,1-3H3,(H,16,18)(H2,15,17,19). The van der Waals surface area contributed by atoms with E-state index >= 15 is 0 Å². The second kappa shape index (κ2) is 5.92. The number of hydrazine groups is 1. The van der Waals surface area contributed by atoms with Crippen LogP contribution in [0.25, 0.3) is 0 Å². The molecule has 3 N–H and O–H groups in total. The maximum atomic E-state index is 12.9. The highest BCUT2D eigenvalue weighted by atomic mass is 32.1. The van der Waals surface area contributed by atoms with Crippen molar-refractivity contribution >= 4 is 23.2 Å². The monoisotopic (exact) mass is 287 g/mol. The number of carbonyl (C=O) groups excluding carboxylic acids is 1. The summed E-state index contributed by atoms with van der Waals surface area (Å²) in [7, 11) is 0. The summed E-state index contributed by atoms with van der Waals surface area (Å²) in [6, 6.07) is 2.87. The Kier molecular flexibility index (Phi) is 4.77. The van der Waals surface area contributed by atoms with Gasteiger partial charge in [-0.15, -0.1) is 0 Å². The van der Waals surface area contributed by atoms with Gasteiger partial charge in [-0.3, -0.25) is 15.6 Å². The van der Waals surface area contributed by atoms with Crippen molar-refractivity contribution in [2.75, 3.05) is 0 Å². The molecule has 1 amide bonds. The maximum absolute atomic E-state index is 12.9. The van der Waals surface area contributed by atoms with E-state index in [4.69, 9.17) is 12.2 Å². The summed E-state index contributed by atoms with van der Waals surface area (Å²) in [5.74, 6) is -2.70. The number of nitrogens with one attached hydrogen (secondary N) is 3. The number of carbonyl (C=O) groups is 1. The Bertz CT molecular complexity index is 500. The van der Waals surface area contributed by atoms with E-state index in [-0.39, 0.29) is 16.2 Å². The molecule has 0 aromatic heterocycles. The largest absolute Gasteiger partial charge is 0.357 e. The number of rotatable bonds is 1. The van der Waals surface area contributed by atoms with E-state index in [1.54, 1.807) is 0 Å². The molecule has 0 fully saturated rings. The Balaban J connectivity index is 2.56. The van der Waals surface area contributed by atoms with E-state index < -0.39 is 17.5 Å². The van der Waals surface area contributed by atoms with Crippen LogP contribution in [-0.2, 0) is 0 Å². The highest BCUT2D eigenvalue weighted by molar-refractivity contribution is 7.80. The predicted octanol–water partition coefficient (Wildman–Crippen LogP) is 1.87. The summed E-state index contributed by atoms with van der Waals surface area (Å²) < 4.78 is 25.7. The van der Waals surface area contributed by atoms with Gasteiger partial charge in [-0.2, -0.15) is 0 Å². The first-order chi connectivity index (χ1) is 8.69. The second-order valence-corrected chi connectivity index (χ2v) is 5.32. The molecule has 104 valence electrons. The van der Waals surface area contributed by atoms with Crippen molar-refractivity contribution in [1.82, 2.24) is 16.2 Å². The fraction of sp³-hybridized carbons (Fsp3) is 0.333. The number of hydrogen-bond donors (Lipinski definition) is 3. The van der Waals surface area contributed by atoms with Crippen LogP contribution in [0.3, 0.4) is 0 Å². The molecule has 1 aromatic rings. The van der Waals surface area contributed by atoms with Gasteiger partial charge in [-0.25, -0.2) is 8.78 Å². The van der Waals surface area contributed by atoms with Gasteiger partial charge in [0.2, 0.25) is 0 Å². The first-order valence-corrected chi connectivity index (χ1v) is 5.93. The van der Waals surface area contributed by atoms with E-state index in [1.807, 2.05) is 20.8 Å². The molecule has 0 spiro atoms. The lowest BCUT2D eigenvalue weighted by Crippen LogP contribution is -2.52. The summed E-state index contributed by atoms with van der Waals surface area (Å²) in [5, 5.41) is 3.14. The van der Waals surface area contributed by atoms with E-state index in [2.05, 4.69) is 16.2 Å². The smallest absolute Gasteiger partial charge is 0.269 e. The lowest BCUT2D eigenvalue weighted by Gasteiger charge is -2.23. The zero-order valence-corrected chi connectivity index (χ0v) is 11.6. The number of amides is 1. The third kappa shape index (κ3) is 5.17. The normalized spacial score (nSPS) is 10.8. The van der Waals surface area contributed by atoms with E-state index in [9.17, 15) is 13.6 Å². The Morgan fingerprint density at radius 1 is 1.16 bits per heavy atom. The van der Waals surface area contributed by atoms with Crippen LogP contribution in [0.15, 0.2) is 18.2 Å². The molecule has 0 radical (unpaired) electrons.